The number of likely N-dealkylation sites (N-methyl/N-ethyl adjacent to an activating group) is 1. The third kappa shape index (κ3) is 5.96. The van der Waals surface area contributed by atoms with Crippen LogP contribution < -0.4 is 15.2 Å². The number of rotatable bonds is 9. The maximum absolute atomic E-state index is 13.9. The number of piperazine rings is 1. The molecule has 1 aromatic carbocycles. The minimum Gasteiger partial charge on any atom is -0.496 e. The van der Waals surface area contributed by atoms with E-state index in [0.717, 1.165) is 37.6 Å². The van der Waals surface area contributed by atoms with Crippen molar-refractivity contribution in [2.24, 2.45) is 0 Å². The minimum atomic E-state index is -3.71. The van der Waals surface area contributed by atoms with Crippen molar-refractivity contribution in [1.29, 1.82) is 0 Å². The Labute approximate surface area is 252 Å². The van der Waals surface area contributed by atoms with Crippen molar-refractivity contribution in [2.45, 2.75) is 45.8 Å². The lowest BCUT2D eigenvalue weighted by atomic mass is 9.94. The van der Waals surface area contributed by atoms with E-state index in [-0.39, 0.29) is 24.2 Å². The first-order valence-electron chi connectivity index (χ1n) is 14.5. The quantitative estimate of drug-likeness (QED) is 0.283. The number of aromatic nitrogens is 3. The third-order valence-corrected chi connectivity index (χ3v) is 10.2. The Morgan fingerprint density at radius 3 is 2.42 bits per heavy atom. The highest BCUT2D eigenvalue weighted by Gasteiger charge is 2.26. The molecule has 43 heavy (non-hydrogen) atoms. The summed E-state index contributed by atoms with van der Waals surface area (Å²) in [4.78, 5) is 38.6. The lowest BCUT2D eigenvalue weighted by molar-refractivity contribution is 0.0984. The number of H-pyrrole nitrogens is 1. The molecular formula is C32H39N5O5S. The van der Waals surface area contributed by atoms with Gasteiger partial charge in [0, 0.05) is 67.2 Å². The summed E-state index contributed by atoms with van der Waals surface area (Å²) >= 11 is 0. The van der Waals surface area contributed by atoms with E-state index in [0.29, 0.717) is 44.6 Å². The van der Waals surface area contributed by atoms with E-state index in [4.69, 9.17) is 9.72 Å². The molecule has 0 saturated carbocycles. The van der Waals surface area contributed by atoms with E-state index in [1.165, 1.54) is 11.1 Å². The number of hydrogen-bond acceptors (Lipinski definition) is 8. The van der Waals surface area contributed by atoms with Crippen molar-refractivity contribution in [3.05, 3.63) is 75.5 Å². The standard InChI is InChI=1S/C32H39N5O5S/c1-20(2)43(40,41)37-19-21(3)31-26(28(38)9-8-25-29(42-6)15-22(4)34-32(25)39)16-24(17-27(31)37)23-7-10-30(33-18-23)36-13-11-35(5)12-14-36/h7,10,15-20H,8-9,11-14H2,1-6H3,(H,34,39). The second-order valence-electron chi connectivity index (χ2n) is 11.6. The molecule has 0 aliphatic carbocycles. The van der Waals surface area contributed by atoms with Crippen LogP contribution in [0, 0.1) is 13.8 Å². The van der Waals surface area contributed by atoms with Crippen LogP contribution in [0.25, 0.3) is 22.0 Å². The van der Waals surface area contributed by atoms with Gasteiger partial charge < -0.3 is 19.5 Å². The fraction of sp³-hybridized carbons (Fsp3) is 0.406. The summed E-state index contributed by atoms with van der Waals surface area (Å²) in [7, 11) is -0.103. The van der Waals surface area contributed by atoms with Crippen LogP contribution in [-0.4, -0.2) is 78.6 Å². The van der Waals surface area contributed by atoms with Crippen LogP contribution >= 0.6 is 0 Å². The van der Waals surface area contributed by atoms with Crippen molar-refractivity contribution in [1.82, 2.24) is 18.8 Å². The van der Waals surface area contributed by atoms with Crippen molar-refractivity contribution < 1.29 is 17.9 Å². The summed E-state index contributed by atoms with van der Waals surface area (Å²) in [5.41, 5.74) is 3.78. The smallest absolute Gasteiger partial charge is 0.255 e. The summed E-state index contributed by atoms with van der Waals surface area (Å²) in [6, 6.07) is 9.30. The number of nitrogens with zero attached hydrogens (tertiary/aromatic N) is 4. The van der Waals surface area contributed by atoms with E-state index >= 15 is 0 Å². The third-order valence-electron chi connectivity index (χ3n) is 8.19. The number of anilines is 1. The lowest BCUT2D eigenvalue weighted by Crippen LogP contribution is -2.44. The first kappa shape index (κ1) is 30.5. The average Bonchev–Trinajstić information content (AvgIpc) is 3.33. The number of ether oxygens (including phenoxy) is 1. The van der Waals surface area contributed by atoms with Gasteiger partial charge >= 0.3 is 0 Å². The van der Waals surface area contributed by atoms with Crippen LogP contribution in [0.3, 0.4) is 0 Å². The van der Waals surface area contributed by atoms with Crippen molar-refractivity contribution >= 4 is 32.5 Å². The molecule has 5 rings (SSSR count). The monoisotopic (exact) mass is 605 g/mol. The normalized spacial score (nSPS) is 14.5. The largest absolute Gasteiger partial charge is 0.496 e. The summed E-state index contributed by atoms with van der Waals surface area (Å²) < 4.78 is 33.5. The number of fused-ring (bicyclic) bond motifs is 1. The molecule has 4 aromatic rings. The van der Waals surface area contributed by atoms with Crippen molar-refractivity contribution in [3.63, 3.8) is 0 Å². The number of aryl methyl sites for hydroxylation is 2. The highest BCUT2D eigenvalue weighted by molar-refractivity contribution is 7.90. The molecule has 4 heterocycles. The number of carbonyl (C=O) groups is 1. The van der Waals surface area contributed by atoms with Crippen LogP contribution in [0.15, 0.2) is 47.5 Å². The molecule has 1 N–H and O–H groups in total. The summed E-state index contributed by atoms with van der Waals surface area (Å²) in [6.07, 6.45) is 3.58. The highest BCUT2D eigenvalue weighted by atomic mass is 32.2. The number of nitrogens with one attached hydrogen (secondary N) is 1. The topological polar surface area (TPSA) is 118 Å². The molecular weight excluding hydrogens is 566 g/mol. The minimum absolute atomic E-state index is 0.0448. The molecule has 11 heteroatoms. The fourth-order valence-corrected chi connectivity index (χ4v) is 6.78. The number of aromatic amines is 1. The Morgan fingerprint density at radius 1 is 1.07 bits per heavy atom. The molecule has 1 aliphatic rings. The van der Waals surface area contributed by atoms with Gasteiger partial charge in [0.25, 0.3) is 5.56 Å². The van der Waals surface area contributed by atoms with Gasteiger partial charge in [-0.25, -0.2) is 17.4 Å². The predicted octanol–water partition coefficient (Wildman–Crippen LogP) is 4.17. The van der Waals surface area contributed by atoms with E-state index in [9.17, 15) is 18.0 Å². The van der Waals surface area contributed by atoms with Crippen molar-refractivity contribution in [3.8, 4) is 16.9 Å². The molecule has 3 aromatic heterocycles. The zero-order valence-corrected chi connectivity index (χ0v) is 26.4. The van der Waals surface area contributed by atoms with E-state index in [2.05, 4.69) is 21.8 Å². The van der Waals surface area contributed by atoms with E-state index in [1.54, 1.807) is 39.2 Å². The van der Waals surface area contributed by atoms with Gasteiger partial charge in [0.15, 0.2) is 5.78 Å². The van der Waals surface area contributed by atoms with Gasteiger partial charge in [-0.05, 0) is 82.6 Å². The molecule has 10 nitrogen and oxygen atoms in total. The molecule has 0 radical (unpaired) electrons. The van der Waals surface area contributed by atoms with Crippen LogP contribution in [0.1, 0.15) is 47.4 Å². The molecule has 1 fully saturated rings. The molecule has 0 unspecified atom stereocenters. The Kier molecular flexibility index (Phi) is 8.49. The molecule has 0 spiro atoms. The van der Waals surface area contributed by atoms with Crippen LogP contribution in [-0.2, 0) is 16.4 Å². The molecule has 1 aliphatic heterocycles. The summed E-state index contributed by atoms with van der Waals surface area (Å²) in [5.74, 6) is 1.12. The first-order chi connectivity index (χ1) is 20.4. The van der Waals surface area contributed by atoms with Crippen molar-refractivity contribution in [2.75, 3.05) is 45.2 Å². The number of pyridine rings is 2. The Bertz CT molecular complexity index is 1830. The fourth-order valence-electron chi connectivity index (χ4n) is 5.61. The number of benzene rings is 1. The molecule has 1 saturated heterocycles. The van der Waals surface area contributed by atoms with Crippen LogP contribution in [0.5, 0.6) is 5.75 Å². The van der Waals surface area contributed by atoms with E-state index < -0.39 is 15.3 Å². The molecule has 228 valence electrons. The molecule has 0 amide bonds. The molecule has 0 bridgehead atoms. The number of ketones is 1. The highest BCUT2D eigenvalue weighted by Crippen LogP contribution is 2.34. The van der Waals surface area contributed by atoms with Crippen LogP contribution in [0.4, 0.5) is 5.82 Å². The predicted molar refractivity (Wildman–Crippen MR) is 170 cm³/mol. The van der Waals surface area contributed by atoms with Gasteiger partial charge in [0.1, 0.15) is 11.6 Å². The first-order valence-corrected chi connectivity index (χ1v) is 16.0. The zero-order chi connectivity index (χ0) is 31.1. The number of methoxy groups -OCH3 is 1. The average molecular weight is 606 g/mol. The Hall–Kier alpha value is -3.96. The second-order valence-corrected chi connectivity index (χ2v) is 13.9. The Morgan fingerprint density at radius 2 is 1.79 bits per heavy atom. The summed E-state index contributed by atoms with van der Waals surface area (Å²) in [5, 5.41) is -0.0691. The van der Waals surface area contributed by atoms with Crippen LogP contribution in [0.2, 0.25) is 0 Å². The van der Waals surface area contributed by atoms with Gasteiger partial charge in [-0.1, -0.05) is 0 Å². The number of Topliss-reactive ketones (excluding diaryl/α,β-unsaturated/α-hetero) is 1. The maximum Gasteiger partial charge on any atom is 0.255 e. The Balaban J connectivity index is 1.58. The number of hydrogen-bond donors (Lipinski definition) is 1. The molecule has 0 atom stereocenters. The zero-order valence-electron chi connectivity index (χ0n) is 25.6. The summed E-state index contributed by atoms with van der Waals surface area (Å²) in [6.45, 7) is 10.6. The second kappa shape index (κ2) is 12.0. The lowest BCUT2D eigenvalue weighted by Gasteiger charge is -2.33. The number of carbonyl (C=O) groups excluding carboxylic acids is 1. The SMILES string of the molecule is COc1cc(C)[nH]c(=O)c1CCC(=O)c1cc(-c2ccc(N3CCN(C)CC3)nc2)cc2c1c(C)cn2S(=O)(=O)C(C)C. The van der Waals surface area contributed by atoms with Gasteiger partial charge in [-0.15, -0.1) is 0 Å². The van der Waals surface area contributed by atoms with Gasteiger partial charge in [-0.3, -0.25) is 9.59 Å². The van der Waals surface area contributed by atoms with E-state index in [1.807, 2.05) is 31.2 Å². The van der Waals surface area contributed by atoms with Gasteiger partial charge in [0.2, 0.25) is 10.0 Å². The van der Waals surface area contributed by atoms with Gasteiger partial charge in [-0.2, -0.15) is 0 Å². The maximum atomic E-state index is 13.9. The van der Waals surface area contributed by atoms with Gasteiger partial charge in [0.05, 0.1) is 23.4 Å².